The summed E-state index contributed by atoms with van der Waals surface area (Å²) in [5.41, 5.74) is -9.23. The highest BCUT2D eigenvalue weighted by molar-refractivity contribution is 6.87. The maximum atomic E-state index is 14.8. The molecule has 1 saturated heterocycles. The number of rotatable bonds is 4. The minimum absolute atomic E-state index is 0.146. The molecule has 0 radical (unpaired) electrons. The summed E-state index contributed by atoms with van der Waals surface area (Å²) in [7, 11) is -5.04. The fraction of sp³-hybridized carbons (Fsp3) is 1.00. The van der Waals surface area contributed by atoms with Crippen LogP contribution in [0.1, 0.15) is 54.4 Å². The van der Waals surface area contributed by atoms with Crippen LogP contribution in [-0.2, 0) is 0 Å². The lowest BCUT2D eigenvalue weighted by atomic mass is 9.76. The topological polar surface area (TPSA) is 0 Å². The molecule has 0 nitrogen and oxygen atoms in total. The van der Waals surface area contributed by atoms with Crippen molar-refractivity contribution in [1.82, 2.24) is 0 Å². The number of halogens is 6. The minimum Gasteiger partial charge on any atom is -0.242 e. The lowest BCUT2D eigenvalue weighted by Gasteiger charge is -2.61. The molecule has 0 saturated carbocycles. The molecule has 132 valence electrons. The molecule has 1 aliphatic heterocycles. The van der Waals surface area contributed by atoms with Crippen molar-refractivity contribution >= 4 is 8.07 Å². The van der Waals surface area contributed by atoms with Gasteiger partial charge in [0, 0.05) is 0 Å². The van der Waals surface area contributed by atoms with E-state index >= 15 is 0 Å². The molecule has 1 aliphatic rings. The van der Waals surface area contributed by atoms with Crippen molar-refractivity contribution in [3.63, 3.8) is 0 Å². The minimum atomic E-state index is -5.04. The van der Waals surface area contributed by atoms with Crippen LogP contribution in [0.3, 0.4) is 0 Å². The van der Waals surface area contributed by atoms with Gasteiger partial charge in [-0.25, -0.2) is 26.3 Å². The number of hydrogen-bond acceptors (Lipinski definition) is 0. The molecule has 2 atom stereocenters. The van der Waals surface area contributed by atoms with Crippen LogP contribution in [0.2, 0.25) is 11.1 Å². The van der Waals surface area contributed by atoms with Crippen LogP contribution in [-0.4, -0.2) is 31.5 Å². The summed E-state index contributed by atoms with van der Waals surface area (Å²) in [6.07, 6.45) is -4.82. The van der Waals surface area contributed by atoms with Gasteiger partial charge in [0.25, 0.3) is 11.1 Å². The summed E-state index contributed by atoms with van der Waals surface area (Å²) >= 11 is 0. The van der Waals surface area contributed by atoms with E-state index < -0.39 is 48.0 Å². The summed E-state index contributed by atoms with van der Waals surface area (Å²) in [5.74, 6) is 0. The third-order valence-electron chi connectivity index (χ3n) is 6.25. The van der Waals surface area contributed by atoms with Gasteiger partial charge in [-0.3, -0.25) is 0 Å². The standard InChI is InChI=1S/C15H26F6Si/c1-10(16)14(18,19)22(15(20,21)11(2)17)9-7-8-12(3,4)13(22,5)6/h10-11H,7-9H2,1-6H3. The number of alkyl halides is 6. The molecule has 0 spiro atoms. The van der Waals surface area contributed by atoms with E-state index in [2.05, 4.69) is 0 Å². The van der Waals surface area contributed by atoms with Crippen molar-refractivity contribution in [3.05, 3.63) is 0 Å². The predicted molar refractivity (Wildman–Crippen MR) is 78.7 cm³/mol. The molecule has 0 aromatic rings. The maximum Gasteiger partial charge on any atom is 0.266 e. The zero-order chi connectivity index (χ0) is 17.8. The second-order valence-electron chi connectivity index (χ2n) is 7.75. The molecule has 0 aromatic carbocycles. The Balaban J connectivity index is 3.76. The summed E-state index contributed by atoms with van der Waals surface area (Å²) in [4.78, 5) is 0. The van der Waals surface area contributed by atoms with Crippen molar-refractivity contribution in [2.75, 3.05) is 0 Å². The van der Waals surface area contributed by atoms with Crippen LogP contribution in [0.4, 0.5) is 26.3 Å². The molecule has 1 rings (SSSR count). The molecule has 0 amide bonds. The summed E-state index contributed by atoms with van der Waals surface area (Å²) in [6, 6.07) is -0.466. The summed E-state index contributed by atoms with van der Waals surface area (Å²) in [6.45, 7) is 7.20. The molecule has 2 unspecified atom stereocenters. The molecule has 0 bridgehead atoms. The van der Waals surface area contributed by atoms with Crippen molar-refractivity contribution in [3.8, 4) is 0 Å². The lowest BCUT2D eigenvalue weighted by Crippen LogP contribution is -2.78. The molecule has 0 aliphatic carbocycles. The van der Waals surface area contributed by atoms with E-state index in [1.807, 2.05) is 0 Å². The molecular weight excluding hydrogens is 322 g/mol. The second kappa shape index (κ2) is 5.41. The Bertz CT molecular complexity index is 394. The van der Waals surface area contributed by atoms with E-state index in [4.69, 9.17) is 0 Å². The van der Waals surface area contributed by atoms with Crippen LogP contribution < -0.4 is 0 Å². The van der Waals surface area contributed by atoms with Crippen LogP contribution in [0, 0.1) is 5.41 Å². The highest BCUT2D eigenvalue weighted by Gasteiger charge is 2.81. The Morgan fingerprint density at radius 2 is 1.23 bits per heavy atom. The Hall–Kier alpha value is -0.203. The van der Waals surface area contributed by atoms with E-state index in [1.54, 1.807) is 13.8 Å². The monoisotopic (exact) mass is 348 g/mol. The van der Waals surface area contributed by atoms with Gasteiger partial charge in [0.05, 0.1) is 0 Å². The van der Waals surface area contributed by atoms with Gasteiger partial charge in [-0.2, -0.15) is 0 Å². The fourth-order valence-corrected chi connectivity index (χ4v) is 10.8. The average Bonchev–Trinajstić information content (AvgIpc) is 2.31. The van der Waals surface area contributed by atoms with Gasteiger partial charge in [-0.15, -0.1) is 0 Å². The van der Waals surface area contributed by atoms with Crippen LogP contribution in [0.15, 0.2) is 0 Å². The quantitative estimate of drug-likeness (QED) is 0.425. The molecule has 22 heavy (non-hydrogen) atoms. The highest BCUT2D eigenvalue weighted by Crippen LogP contribution is 2.68. The molecule has 1 heterocycles. The first-order valence-electron chi connectivity index (χ1n) is 7.63. The van der Waals surface area contributed by atoms with Crippen LogP contribution >= 0.6 is 0 Å². The largest absolute Gasteiger partial charge is 0.266 e. The van der Waals surface area contributed by atoms with E-state index in [0.717, 1.165) is 0 Å². The van der Waals surface area contributed by atoms with Gasteiger partial charge in [0.2, 0.25) is 8.07 Å². The second-order valence-corrected chi connectivity index (χ2v) is 12.6. The van der Waals surface area contributed by atoms with Crippen LogP contribution in [0.5, 0.6) is 0 Å². The highest BCUT2D eigenvalue weighted by atomic mass is 28.3. The Morgan fingerprint density at radius 3 is 1.55 bits per heavy atom. The van der Waals surface area contributed by atoms with Crippen molar-refractivity contribution in [1.29, 1.82) is 0 Å². The van der Waals surface area contributed by atoms with E-state index in [1.165, 1.54) is 13.8 Å². The first kappa shape index (κ1) is 19.8. The van der Waals surface area contributed by atoms with E-state index in [9.17, 15) is 26.3 Å². The Labute approximate surface area is 129 Å². The fourth-order valence-electron chi connectivity index (χ4n) is 4.07. The Kier molecular flexibility index (Phi) is 4.88. The normalized spacial score (nSPS) is 31.6. The van der Waals surface area contributed by atoms with Gasteiger partial charge in [-0.05, 0) is 36.8 Å². The summed E-state index contributed by atoms with van der Waals surface area (Å²) < 4.78 is 86.7. The van der Waals surface area contributed by atoms with Gasteiger partial charge in [0.15, 0.2) is 12.3 Å². The van der Waals surface area contributed by atoms with Gasteiger partial charge >= 0.3 is 0 Å². The molecule has 7 heteroatoms. The summed E-state index contributed by atoms with van der Waals surface area (Å²) in [5, 5.41) is -1.52. The van der Waals surface area contributed by atoms with E-state index in [0.29, 0.717) is 20.3 Å². The predicted octanol–water partition coefficient (Wildman–Crippen LogP) is 6.10. The first-order valence-corrected chi connectivity index (χ1v) is 9.84. The maximum absolute atomic E-state index is 14.8. The number of hydrogen-bond donors (Lipinski definition) is 0. The smallest absolute Gasteiger partial charge is 0.242 e. The zero-order valence-corrected chi connectivity index (χ0v) is 15.0. The zero-order valence-electron chi connectivity index (χ0n) is 14.0. The lowest BCUT2D eigenvalue weighted by molar-refractivity contribution is -0.0651. The molecule has 0 N–H and O–H groups in total. The van der Waals surface area contributed by atoms with E-state index in [-0.39, 0.29) is 6.42 Å². The Morgan fingerprint density at radius 1 is 0.864 bits per heavy atom. The first-order chi connectivity index (χ1) is 9.59. The molecule has 0 aromatic heterocycles. The molecule has 1 fully saturated rings. The van der Waals surface area contributed by atoms with Gasteiger partial charge in [0.1, 0.15) is 0 Å². The van der Waals surface area contributed by atoms with Crippen molar-refractivity contribution in [2.24, 2.45) is 5.41 Å². The SMILES string of the molecule is CC(F)C(F)(F)[Si]1(C(F)(F)C(C)F)CCCC(C)(C)C1(C)C. The van der Waals surface area contributed by atoms with Gasteiger partial charge < -0.3 is 0 Å². The average molecular weight is 348 g/mol. The van der Waals surface area contributed by atoms with Gasteiger partial charge in [-0.1, -0.05) is 34.1 Å². The third kappa shape index (κ3) is 2.25. The third-order valence-corrected chi connectivity index (χ3v) is 13.2. The van der Waals surface area contributed by atoms with Crippen LogP contribution in [0.25, 0.3) is 0 Å². The molecular formula is C15H26F6Si. The van der Waals surface area contributed by atoms with Crippen molar-refractivity contribution < 1.29 is 26.3 Å². The van der Waals surface area contributed by atoms with Crippen molar-refractivity contribution in [2.45, 2.75) is 88.9 Å².